The van der Waals surface area contributed by atoms with Gasteiger partial charge in [0.1, 0.15) is 0 Å². The van der Waals surface area contributed by atoms with Gasteiger partial charge in [-0.2, -0.15) is 8.78 Å². The molecule has 0 aliphatic heterocycles. The van der Waals surface area contributed by atoms with E-state index in [0.29, 0.717) is 12.7 Å². The Bertz CT molecular complexity index is 429. The molecule has 1 aromatic rings. The first kappa shape index (κ1) is 15.2. The van der Waals surface area contributed by atoms with Gasteiger partial charge < -0.3 is 9.47 Å². The standard InChI is InChI=1S/C15H19F3O2/c1-2-19-12-6-3-10(4-7-12)11-5-8-14(13(16)9-11)20-15(17)18/h5,8-10,12,15H,2-4,6-7H2,1H3. The van der Waals surface area contributed by atoms with Crippen LogP contribution >= 0.6 is 0 Å². The number of benzene rings is 1. The van der Waals surface area contributed by atoms with Crippen LogP contribution in [0.3, 0.4) is 0 Å². The van der Waals surface area contributed by atoms with Crippen LogP contribution in [0.25, 0.3) is 0 Å². The largest absolute Gasteiger partial charge is 0.432 e. The third kappa shape index (κ3) is 3.88. The van der Waals surface area contributed by atoms with Crippen LogP contribution < -0.4 is 4.74 Å². The van der Waals surface area contributed by atoms with E-state index >= 15 is 0 Å². The second kappa shape index (κ2) is 6.97. The highest BCUT2D eigenvalue weighted by atomic mass is 19.3. The molecule has 0 radical (unpaired) electrons. The maximum atomic E-state index is 13.7. The van der Waals surface area contributed by atoms with Gasteiger partial charge in [0.15, 0.2) is 11.6 Å². The van der Waals surface area contributed by atoms with Crippen LogP contribution in [0.1, 0.15) is 44.1 Å². The fraction of sp³-hybridized carbons (Fsp3) is 0.600. The number of alkyl halides is 2. The monoisotopic (exact) mass is 288 g/mol. The maximum Gasteiger partial charge on any atom is 0.387 e. The van der Waals surface area contributed by atoms with Gasteiger partial charge >= 0.3 is 6.61 Å². The lowest BCUT2D eigenvalue weighted by molar-refractivity contribution is -0.0522. The summed E-state index contributed by atoms with van der Waals surface area (Å²) in [4.78, 5) is 0. The molecule has 0 N–H and O–H groups in total. The lowest BCUT2D eigenvalue weighted by Gasteiger charge is -2.28. The number of hydrogen-bond acceptors (Lipinski definition) is 2. The van der Waals surface area contributed by atoms with Crippen LogP contribution in [-0.4, -0.2) is 19.3 Å². The van der Waals surface area contributed by atoms with Gasteiger partial charge in [-0.1, -0.05) is 6.07 Å². The molecule has 1 aliphatic rings. The molecule has 1 fully saturated rings. The van der Waals surface area contributed by atoms with E-state index in [-0.39, 0.29) is 5.92 Å². The Morgan fingerprint density at radius 3 is 2.45 bits per heavy atom. The van der Waals surface area contributed by atoms with Crippen molar-refractivity contribution < 1.29 is 22.6 Å². The molecule has 1 saturated carbocycles. The average Bonchev–Trinajstić information content (AvgIpc) is 2.42. The zero-order valence-electron chi connectivity index (χ0n) is 11.5. The zero-order chi connectivity index (χ0) is 14.5. The Balaban J connectivity index is 1.98. The van der Waals surface area contributed by atoms with E-state index in [1.165, 1.54) is 12.1 Å². The molecule has 0 heterocycles. The summed E-state index contributed by atoms with van der Waals surface area (Å²) in [7, 11) is 0. The number of ether oxygens (including phenoxy) is 2. The van der Waals surface area contributed by atoms with Gasteiger partial charge in [0, 0.05) is 6.61 Å². The SMILES string of the molecule is CCOC1CCC(c2ccc(OC(F)F)c(F)c2)CC1. The number of halogens is 3. The highest BCUT2D eigenvalue weighted by molar-refractivity contribution is 5.31. The van der Waals surface area contributed by atoms with Gasteiger partial charge in [-0.3, -0.25) is 0 Å². The first-order chi connectivity index (χ1) is 9.60. The van der Waals surface area contributed by atoms with Crippen LogP contribution in [0.15, 0.2) is 18.2 Å². The number of rotatable bonds is 5. The summed E-state index contributed by atoms with van der Waals surface area (Å²) in [6.45, 7) is -0.315. The van der Waals surface area contributed by atoms with Gasteiger partial charge in [0.05, 0.1) is 6.10 Å². The van der Waals surface area contributed by atoms with E-state index in [1.807, 2.05) is 6.92 Å². The van der Waals surface area contributed by atoms with Crippen molar-refractivity contribution in [1.29, 1.82) is 0 Å². The molecule has 20 heavy (non-hydrogen) atoms. The fourth-order valence-corrected chi connectivity index (χ4v) is 2.76. The molecule has 2 nitrogen and oxygen atoms in total. The van der Waals surface area contributed by atoms with Gasteiger partial charge in [-0.15, -0.1) is 0 Å². The van der Waals surface area contributed by atoms with Crippen molar-refractivity contribution in [3.63, 3.8) is 0 Å². The average molecular weight is 288 g/mol. The Morgan fingerprint density at radius 1 is 1.20 bits per heavy atom. The summed E-state index contributed by atoms with van der Waals surface area (Å²) in [6, 6.07) is 4.27. The molecule has 5 heteroatoms. The quantitative estimate of drug-likeness (QED) is 0.794. The van der Waals surface area contributed by atoms with E-state index in [2.05, 4.69) is 4.74 Å². The number of hydrogen-bond donors (Lipinski definition) is 0. The minimum Gasteiger partial charge on any atom is -0.432 e. The molecular formula is C15H19F3O2. The molecule has 0 unspecified atom stereocenters. The minimum absolute atomic E-state index is 0.266. The third-order valence-electron chi connectivity index (χ3n) is 3.72. The highest BCUT2D eigenvalue weighted by Crippen LogP contribution is 2.35. The van der Waals surface area contributed by atoms with E-state index in [1.54, 1.807) is 6.07 Å². The molecule has 2 rings (SSSR count). The molecule has 0 bridgehead atoms. The summed E-state index contributed by atoms with van der Waals surface area (Å²) in [5.74, 6) is -0.858. The summed E-state index contributed by atoms with van der Waals surface area (Å²) in [6.07, 6.45) is 4.06. The Morgan fingerprint density at radius 2 is 1.90 bits per heavy atom. The normalized spacial score (nSPS) is 23.1. The Labute approximate surface area is 116 Å². The first-order valence-electron chi connectivity index (χ1n) is 6.96. The predicted molar refractivity (Wildman–Crippen MR) is 69.7 cm³/mol. The Kier molecular flexibility index (Phi) is 5.29. The fourth-order valence-electron chi connectivity index (χ4n) is 2.76. The minimum atomic E-state index is -3.00. The summed E-state index contributed by atoms with van der Waals surface area (Å²) in [5.41, 5.74) is 0.846. The van der Waals surface area contributed by atoms with Crippen molar-refractivity contribution in [2.24, 2.45) is 0 Å². The van der Waals surface area contributed by atoms with E-state index in [0.717, 1.165) is 31.2 Å². The lowest BCUT2D eigenvalue weighted by Crippen LogP contribution is -2.20. The zero-order valence-corrected chi connectivity index (χ0v) is 11.5. The first-order valence-corrected chi connectivity index (χ1v) is 6.96. The summed E-state index contributed by atoms with van der Waals surface area (Å²) >= 11 is 0. The van der Waals surface area contributed by atoms with Crippen LogP contribution in [0.5, 0.6) is 5.75 Å². The van der Waals surface area contributed by atoms with Gasteiger partial charge in [0.2, 0.25) is 0 Å². The smallest absolute Gasteiger partial charge is 0.387 e. The second-order valence-corrected chi connectivity index (χ2v) is 5.00. The van der Waals surface area contributed by atoms with E-state index in [4.69, 9.17) is 4.74 Å². The second-order valence-electron chi connectivity index (χ2n) is 5.00. The Hall–Kier alpha value is -1.23. The van der Waals surface area contributed by atoms with Crippen LogP contribution in [0.2, 0.25) is 0 Å². The summed E-state index contributed by atoms with van der Waals surface area (Å²) in [5, 5.41) is 0. The van der Waals surface area contributed by atoms with Crippen molar-refractivity contribution in [3.8, 4) is 5.75 Å². The molecule has 1 aromatic carbocycles. The molecule has 112 valence electrons. The predicted octanol–water partition coefficient (Wildman–Crippen LogP) is 4.49. The van der Waals surface area contributed by atoms with Crippen molar-refractivity contribution in [2.75, 3.05) is 6.61 Å². The van der Waals surface area contributed by atoms with E-state index in [9.17, 15) is 13.2 Å². The van der Waals surface area contributed by atoms with Crippen molar-refractivity contribution in [2.45, 2.75) is 51.2 Å². The maximum absolute atomic E-state index is 13.7. The highest BCUT2D eigenvalue weighted by Gasteiger charge is 2.23. The van der Waals surface area contributed by atoms with Crippen molar-refractivity contribution >= 4 is 0 Å². The molecule has 0 atom stereocenters. The van der Waals surface area contributed by atoms with Gasteiger partial charge in [-0.05, 0) is 56.2 Å². The topological polar surface area (TPSA) is 18.5 Å². The van der Waals surface area contributed by atoms with Crippen LogP contribution in [0, 0.1) is 5.82 Å². The third-order valence-corrected chi connectivity index (χ3v) is 3.72. The molecule has 0 saturated heterocycles. The molecule has 1 aliphatic carbocycles. The molecule has 0 aromatic heterocycles. The van der Waals surface area contributed by atoms with Crippen molar-refractivity contribution in [1.82, 2.24) is 0 Å². The molecular weight excluding hydrogens is 269 g/mol. The molecule has 0 amide bonds. The summed E-state index contributed by atoms with van der Waals surface area (Å²) < 4.78 is 47.5. The van der Waals surface area contributed by atoms with E-state index < -0.39 is 18.2 Å². The molecule has 0 spiro atoms. The van der Waals surface area contributed by atoms with Crippen LogP contribution in [-0.2, 0) is 4.74 Å². The van der Waals surface area contributed by atoms with Gasteiger partial charge in [-0.25, -0.2) is 4.39 Å². The lowest BCUT2D eigenvalue weighted by atomic mass is 9.82. The van der Waals surface area contributed by atoms with Gasteiger partial charge in [0.25, 0.3) is 0 Å². The van der Waals surface area contributed by atoms with Crippen molar-refractivity contribution in [3.05, 3.63) is 29.6 Å². The van der Waals surface area contributed by atoms with Crippen LogP contribution in [0.4, 0.5) is 13.2 Å².